The van der Waals surface area contributed by atoms with Crippen LogP contribution in [0.15, 0.2) is 18.2 Å². The predicted octanol–water partition coefficient (Wildman–Crippen LogP) is 1.47. The van der Waals surface area contributed by atoms with Crippen molar-refractivity contribution < 1.29 is 24.2 Å². The van der Waals surface area contributed by atoms with Crippen molar-refractivity contribution in [1.82, 2.24) is 5.32 Å². The minimum atomic E-state index is -0.869. The van der Waals surface area contributed by atoms with Crippen molar-refractivity contribution in [3.8, 4) is 11.5 Å². The average molecular weight is 295 g/mol. The molecule has 6 heteroatoms. The molecule has 0 heterocycles. The molecule has 0 radical (unpaired) electrons. The second-order valence-corrected chi connectivity index (χ2v) is 4.86. The zero-order chi connectivity index (χ0) is 15.8. The van der Waals surface area contributed by atoms with Gasteiger partial charge < -0.3 is 19.9 Å². The van der Waals surface area contributed by atoms with Gasteiger partial charge in [0.25, 0.3) is 0 Å². The summed E-state index contributed by atoms with van der Waals surface area (Å²) in [7, 11) is 3.09. The highest BCUT2D eigenvalue weighted by Crippen LogP contribution is 2.24. The van der Waals surface area contributed by atoms with Gasteiger partial charge in [0.15, 0.2) is 0 Å². The molecule has 0 bridgehead atoms. The minimum Gasteiger partial charge on any atom is -0.497 e. The van der Waals surface area contributed by atoms with Gasteiger partial charge in [0.1, 0.15) is 11.5 Å². The van der Waals surface area contributed by atoms with E-state index in [1.54, 1.807) is 32.2 Å². The summed E-state index contributed by atoms with van der Waals surface area (Å²) >= 11 is 0. The monoisotopic (exact) mass is 295 g/mol. The maximum atomic E-state index is 11.9. The number of rotatable bonds is 8. The number of carbonyl (C=O) groups excluding carboxylic acids is 1. The highest BCUT2D eigenvalue weighted by molar-refractivity contribution is 5.79. The molecular formula is C15H21NO5. The van der Waals surface area contributed by atoms with Gasteiger partial charge in [0, 0.05) is 18.5 Å². The Bertz CT molecular complexity index is 501. The van der Waals surface area contributed by atoms with Crippen LogP contribution in [0.2, 0.25) is 0 Å². The van der Waals surface area contributed by atoms with Crippen LogP contribution in [-0.4, -0.2) is 37.7 Å². The Morgan fingerprint density at radius 1 is 1.29 bits per heavy atom. The van der Waals surface area contributed by atoms with E-state index in [-0.39, 0.29) is 24.7 Å². The molecule has 21 heavy (non-hydrogen) atoms. The molecule has 0 aliphatic rings. The molecule has 6 nitrogen and oxygen atoms in total. The van der Waals surface area contributed by atoms with Crippen LogP contribution in [0.5, 0.6) is 11.5 Å². The summed E-state index contributed by atoms with van der Waals surface area (Å²) in [6.45, 7) is 2.11. The summed E-state index contributed by atoms with van der Waals surface area (Å²) in [5.74, 6) is 0.103. The second kappa shape index (κ2) is 8.14. The van der Waals surface area contributed by atoms with Gasteiger partial charge in [-0.2, -0.15) is 0 Å². The van der Waals surface area contributed by atoms with Crippen LogP contribution in [0.25, 0.3) is 0 Å². The molecule has 0 aromatic heterocycles. The molecule has 1 aromatic carbocycles. The fourth-order valence-electron chi connectivity index (χ4n) is 1.91. The van der Waals surface area contributed by atoms with Gasteiger partial charge in [-0.3, -0.25) is 9.59 Å². The van der Waals surface area contributed by atoms with Crippen LogP contribution >= 0.6 is 0 Å². The molecule has 2 N–H and O–H groups in total. The smallest absolute Gasteiger partial charge is 0.303 e. The lowest BCUT2D eigenvalue weighted by molar-refractivity contribution is -0.138. The summed E-state index contributed by atoms with van der Waals surface area (Å²) < 4.78 is 10.3. The van der Waals surface area contributed by atoms with Gasteiger partial charge >= 0.3 is 5.97 Å². The summed E-state index contributed by atoms with van der Waals surface area (Å²) in [4.78, 5) is 22.5. The molecular weight excluding hydrogens is 274 g/mol. The SMILES string of the molecule is COc1ccc(OC)c(CC(=O)NCC(C)CC(=O)O)c1. The van der Waals surface area contributed by atoms with Crippen molar-refractivity contribution in [2.75, 3.05) is 20.8 Å². The summed E-state index contributed by atoms with van der Waals surface area (Å²) in [6, 6.07) is 5.25. The molecule has 1 rings (SSSR count). The first-order valence-electron chi connectivity index (χ1n) is 6.65. The Kier molecular flexibility index (Phi) is 6.52. The van der Waals surface area contributed by atoms with Gasteiger partial charge in [-0.25, -0.2) is 0 Å². The Morgan fingerprint density at radius 2 is 2.00 bits per heavy atom. The van der Waals surface area contributed by atoms with E-state index in [9.17, 15) is 9.59 Å². The lowest BCUT2D eigenvalue weighted by Crippen LogP contribution is -2.30. The quantitative estimate of drug-likeness (QED) is 0.758. The van der Waals surface area contributed by atoms with E-state index in [1.165, 1.54) is 7.11 Å². The van der Waals surface area contributed by atoms with Gasteiger partial charge in [0.05, 0.1) is 20.6 Å². The van der Waals surface area contributed by atoms with Gasteiger partial charge in [-0.05, 0) is 24.1 Å². The molecule has 0 saturated heterocycles. The van der Waals surface area contributed by atoms with E-state index < -0.39 is 5.97 Å². The maximum Gasteiger partial charge on any atom is 0.303 e. The van der Waals surface area contributed by atoms with E-state index in [0.717, 1.165) is 5.56 Å². The number of hydrogen-bond acceptors (Lipinski definition) is 4. The molecule has 1 aromatic rings. The van der Waals surface area contributed by atoms with Crippen molar-refractivity contribution in [2.24, 2.45) is 5.92 Å². The Balaban J connectivity index is 2.59. The standard InChI is InChI=1S/C15H21NO5/c1-10(6-15(18)19)9-16-14(17)8-11-7-12(20-2)4-5-13(11)21-3/h4-5,7,10H,6,8-9H2,1-3H3,(H,16,17)(H,18,19). The van der Waals surface area contributed by atoms with E-state index in [0.29, 0.717) is 18.0 Å². The van der Waals surface area contributed by atoms with Crippen LogP contribution in [0.1, 0.15) is 18.9 Å². The third-order valence-corrected chi connectivity index (χ3v) is 3.01. The topological polar surface area (TPSA) is 84.9 Å². The maximum absolute atomic E-state index is 11.9. The Hall–Kier alpha value is -2.24. The van der Waals surface area contributed by atoms with Gasteiger partial charge in [-0.1, -0.05) is 6.92 Å². The minimum absolute atomic E-state index is 0.0305. The number of methoxy groups -OCH3 is 2. The van der Waals surface area contributed by atoms with Gasteiger partial charge in [-0.15, -0.1) is 0 Å². The second-order valence-electron chi connectivity index (χ2n) is 4.86. The van der Waals surface area contributed by atoms with Crippen molar-refractivity contribution >= 4 is 11.9 Å². The van der Waals surface area contributed by atoms with Crippen molar-refractivity contribution in [1.29, 1.82) is 0 Å². The van der Waals surface area contributed by atoms with Crippen LogP contribution in [-0.2, 0) is 16.0 Å². The molecule has 116 valence electrons. The van der Waals surface area contributed by atoms with Crippen LogP contribution in [0.4, 0.5) is 0 Å². The number of amides is 1. The summed E-state index contributed by atoms with van der Waals surface area (Å²) in [5, 5.41) is 11.4. The summed E-state index contributed by atoms with van der Waals surface area (Å²) in [6.07, 6.45) is 0.183. The lowest BCUT2D eigenvalue weighted by atomic mass is 10.1. The molecule has 0 aliphatic carbocycles. The van der Waals surface area contributed by atoms with E-state index in [1.807, 2.05) is 0 Å². The van der Waals surface area contributed by atoms with Crippen molar-refractivity contribution in [2.45, 2.75) is 19.8 Å². The third kappa shape index (κ3) is 5.72. The van der Waals surface area contributed by atoms with Crippen LogP contribution in [0.3, 0.4) is 0 Å². The Morgan fingerprint density at radius 3 is 2.57 bits per heavy atom. The first-order valence-corrected chi connectivity index (χ1v) is 6.65. The molecule has 0 spiro atoms. The molecule has 0 fully saturated rings. The highest BCUT2D eigenvalue weighted by Gasteiger charge is 2.12. The van der Waals surface area contributed by atoms with Crippen molar-refractivity contribution in [3.63, 3.8) is 0 Å². The predicted molar refractivity (Wildman–Crippen MR) is 77.7 cm³/mol. The molecule has 1 unspecified atom stereocenters. The van der Waals surface area contributed by atoms with Crippen molar-refractivity contribution in [3.05, 3.63) is 23.8 Å². The molecule has 1 amide bonds. The fraction of sp³-hybridized carbons (Fsp3) is 0.467. The largest absolute Gasteiger partial charge is 0.497 e. The number of carbonyl (C=O) groups is 2. The number of aliphatic carboxylic acids is 1. The van der Waals surface area contributed by atoms with Crippen LogP contribution in [0, 0.1) is 5.92 Å². The van der Waals surface area contributed by atoms with Crippen LogP contribution < -0.4 is 14.8 Å². The number of ether oxygens (including phenoxy) is 2. The average Bonchev–Trinajstić information content (AvgIpc) is 2.44. The molecule has 1 atom stereocenters. The zero-order valence-electron chi connectivity index (χ0n) is 12.5. The number of carboxylic acids is 1. The summed E-state index contributed by atoms with van der Waals surface area (Å²) in [5.41, 5.74) is 0.722. The molecule has 0 saturated carbocycles. The first kappa shape index (κ1) is 16.8. The Labute approximate surface area is 124 Å². The number of benzene rings is 1. The third-order valence-electron chi connectivity index (χ3n) is 3.01. The lowest BCUT2D eigenvalue weighted by Gasteiger charge is -2.12. The van der Waals surface area contributed by atoms with E-state index in [4.69, 9.17) is 14.6 Å². The van der Waals surface area contributed by atoms with E-state index in [2.05, 4.69) is 5.32 Å². The fourth-order valence-corrected chi connectivity index (χ4v) is 1.91. The first-order chi connectivity index (χ1) is 9.96. The number of hydrogen-bond donors (Lipinski definition) is 2. The van der Waals surface area contributed by atoms with Gasteiger partial charge in [0.2, 0.25) is 5.91 Å². The number of carboxylic acid groups (broad SMARTS) is 1. The molecule has 0 aliphatic heterocycles. The normalized spacial score (nSPS) is 11.6. The highest BCUT2D eigenvalue weighted by atomic mass is 16.5. The van der Waals surface area contributed by atoms with E-state index >= 15 is 0 Å². The number of nitrogens with one attached hydrogen (secondary N) is 1. The zero-order valence-corrected chi connectivity index (χ0v) is 12.5.